The van der Waals surface area contributed by atoms with Gasteiger partial charge in [-0.15, -0.1) is 0 Å². The van der Waals surface area contributed by atoms with E-state index in [9.17, 15) is 6.15 Å². The zero-order valence-corrected chi connectivity index (χ0v) is 22.6. The van der Waals surface area contributed by atoms with Gasteiger partial charge in [-0.05, 0) is 0 Å². The Labute approximate surface area is 147 Å². The van der Waals surface area contributed by atoms with Crippen LogP contribution in [0.25, 0.3) is 0 Å². The predicted octanol–water partition coefficient (Wildman–Crippen LogP) is 4.38. The van der Waals surface area contributed by atoms with E-state index in [-0.39, 0.29) is 0 Å². The molecular weight excluding hydrogens is 510 g/mol. The number of hydrogen-bond acceptors (Lipinski definition) is 3. The molecule has 0 radical (unpaired) electrons. The van der Waals surface area contributed by atoms with Crippen LogP contribution in [0.1, 0.15) is 12.8 Å². The second-order valence-corrected chi connectivity index (χ2v) is 34.4. The molecule has 0 spiro atoms. The molecule has 0 unspecified atom stereocenters. The normalized spacial score (nSPS) is 12.5. The van der Waals surface area contributed by atoms with Gasteiger partial charge in [-0.1, -0.05) is 0 Å². The molecule has 0 fully saturated rings. The molecule has 0 aromatic heterocycles. The standard InChI is InChI=1S/C6H12O.2C4H11Si.2O.2Sn/c1-3-5-7-6-4-2;2*1-5(2,3)4;;;;/h1-6H2;2*1H2,2-4H3;;;;. The summed E-state index contributed by atoms with van der Waals surface area (Å²) in [5.74, 6) is 0. The molecule has 0 atom stereocenters. The average Bonchev–Trinajstić information content (AvgIpc) is 2.22. The molecule has 21 heavy (non-hydrogen) atoms. The summed E-state index contributed by atoms with van der Waals surface area (Å²) in [4.78, 5) is 0. The zero-order chi connectivity index (χ0) is 16.5. The summed E-state index contributed by atoms with van der Waals surface area (Å²) in [5.41, 5.74) is 0. The molecule has 0 saturated carbocycles. The van der Waals surface area contributed by atoms with Gasteiger partial charge in [-0.3, -0.25) is 0 Å². The number of ether oxygens (including phenoxy) is 1. The van der Waals surface area contributed by atoms with Crippen LogP contribution in [0.15, 0.2) is 0 Å². The fraction of sp³-hybridized carbons (Fsp3) is 1.00. The number of rotatable bonds is 12. The molecule has 0 aromatic rings. The van der Waals surface area contributed by atoms with Crippen LogP contribution in [0, 0.1) is 0 Å². The van der Waals surface area contributed by atoms with Crippen molar-refractivity contribution in [1.29, 1.82) is 0 Å². The first-order valence-electron chi connectivity index (χ1n) is 8.11. The molecule has 7 heteroatoms. The summed E-state index contributed by atoms with van der Waals surface area (Å²) >= 11 is -4.56. The monoisotopic (exact) mass is 546 g/mol. The topological polar surface area (TPSA) is 43.4 Å². The van der Waals surface area contributed by atoms with Gasteiger partial charge < -0.3 is 0 Å². The molecule has 0 heterocycles. The van der Waals surface area contributed by atoms with Crippen LogP contribution >= 0.6 is 0 Å². The second-order valence-electron chi connectivity index (χ2n) is 8.37. The first-order valence-corrected chi connectivity index (χ1v) is 25.9. The van der Waals surface area contributed by atoms with Gasteiger partial charge in [-0.2, -0.15) is 0 Å². The van der Waals surface area contributed by atoms with Crippen LogP contribution < -0.4 is 0 Å². The van der Waals surface area contributed by atoms with Crippen molar-refractivity contribution < 1.29 is 10.9 Å². The Kier molecular flexibility index (Phi) is 12.0. The van der Waals surface area contributed by atoms with Gasteiger partial charge in [0.05, 0.1) is 0 Å². The van der Waals surface area contributed by atoms with E-state index < -0.39 is 55.6 Å². The second kappa shape index (κ2) is 11.2. The predicted molar refractivity (Wildman–Crippen MR) is 98.9 cm³/mol. The molecule has 0 amide bonds. The molecule has 0 aliphatic carbocycles. The van der Waals surface area contributed by atoms with E-state index in [4.69, 9.17) is 4.74 Å². The maximum atomic E-state index is 12.0. The molecule has 0 bridgehead atoms. The van der Waals surface area contributed by atoms with Gasteiger partial charge in [0, 0.05) is 0 Å². The molecule has 0 rings (SSSR count). The fourth-order valence-electron chi connectivity index (χ4n) is 2.20. The first kappa shape index (κ1) is 22.6. The Morgan fingerprint density at radius 1 is 0.714 bits per heavy atom. The van der Waals surface area contributed by atoms with Gasteiger partial charge in [0.2, 0.25) is 0 Å². The summed E-state index contributed by atoms with van der Waals surface area (Å²) in [6.45, 7) is 15.3. The van der Waals surface area contributed by atoms with Gasteiger partial charge >= 0.3 is 149 Å². The van der Waals surface area contributed by atoms with E-state index in [0.29, 0.717) is 0 Å². The van der Waals surface area contributed by atoms with E-state index in [1.807, 2.05) is 0 Å². The summed E-state index contributed by atoms with van der Waals surface area (Å²) in [6, 6.07) is 0. The maximum absolute atomic E-state index is 12.0. The van der Waals surface area contributed by atoms with E-state index >= 15 is 0 Å². The van der Waals surface area contributed by atoms with E-state index in [1.165, 1.54) is 0 Å². The summed E-state index contributed by atoms with van der Waals surface area (Å²) in [6.07, 6.45) is 1.92. The van der Waals surface area contributed by atoms with Crippen LogP contribution in [-0.2, 0) is 10.9 Å². The van der Waals surface area contributed by atoms with Gasteiger partial charge in [-0.25, -0.2) is 0 Å². The quantitative estimate of drug-likeness (QED) is 0.271. The molecular formula is C14H34O3Si2Sn2. The van der Waals surface area contributed by atoms with E-state index in [1.54, 1.807) is 0 Å². The third kappa shape index (κ3) is 17.8. The Balaban J connectivity index is 3.49. The zero-order valence-electron chi connectivity index (χ0n) is 14.9. The molecule has 0 aliphatic heterocycles. The van der Waals surface area contributed by atoms with E-state index in [2.05, 4.69) is 39.3 Å². The Morgan fingerprint density at radius 2 is 1.05 bits per heavy atom. The molecule has 0 aromatic carbocycles. The summed E-state index contributed by atoms with van der Waals surface area (Å²) in [5, 5.41) is 0. The van der Waals surface area contributed by atoms with Crippen molar-refractivity contribution in [2.75, 3.05) is 13.2 Å². The van der Waals surface area contributed by atoms with Crippen molar-refractivity contribution in [2.24, 2.45) is 0 Å². The van der Waals surface area contributed by atoms with E-state index in [0.717, 1.165) is 43.0 Å². The molecule has 3 nitrogen and oxygen atoms in total. The number of hydrogen-bond donors (Lipinski definition) is 0. The van der Waals surface area contributed by atoms with Crippen molar-refractivity contribution in [3.63, 3.8) is 0 Å². The van der Waals surface area contributed by atoms with Crippen LogP contribution in [0.4, 0.5) is 0 Å². The minimum absolute atomic E-state index is 0.740. The molecule has 0 N–H and O–H groups in total. The van der Waals surface area contributed by atoms with Crippen LogP contribution in [0.2, 0.25) is 56.3 Å². The van der Waals surface area contributed by atoms with Gasteiger partial charge in [0.15, 0.2) is 0 Å². The summed E-state index contributed by atoms with van der Waals surface area (Å²) < 4.78 is 33.6. The third-order valence-electron chi connectivity index (χ3n) is 2.94. The fourth-order valence-corrected chi connectivity index (χ4v) is 31.3. The average molecular weight is 544 g/mol. The van der Waals surface area contributed by atoms with Crippen molar-refractivity contribution in [1.82, 2.24) is 0 Å². The van der Waals surface area contributed by atoms with Crippen LogP contribution in [-0.4, -0.2) is 68.9 Å². The molecule has 124 valence electrons. The SMILES string of the molecule is C[Si](C)(C)[CH2][Sn](=[O])[CH2]CCOCC[CH2][Sn](=[O])[CH2][Si](C)(C)C. The van der Waals surface area contributed by atoms with Crippen molar-refractivity contribution in [2.45, 2.75) is 69.1 Å². The Morgan fingerprint density at radius 3 is 1.33 bits per heavy atom. The van der Waals surface area contributed by atoms with Gasteiger partial charge in [0.1, 0.15) is 0 Å². The Hall–Kier alpha value is 1.59. The minimum atomic E-state index is -2.28. The third-order valence-corrected chi connectivity index (χ3v) is 36.0. The Bertz CT molecular complexity index is 304. The van der Waals surface area contributed by atoms with Crippen LogP contribution in [0.5, 0.6) is 0 Å². The summed E-state index contributed by atoms with van der Waals surface area (Å²) in [7, 11) is -2.25. The van der Waals surface area contributed by atoms with Crippen molar-refractivity contribution in [3.05, 3.63) is 0 Å². The van der Waals surface area contributed by atoms with Gasteiger partial charge in [0.25, 0.3) is 0 Å². The molecule has 0 saturated heterocycles. The van der Waals surface area contributed by atoms with Crippen LogP contribution in [0.3, 0.4) is 0 Å². The van der Waals surface area contributed by atoms with Crippen molar-refractivity contribution in [3.8, 4) is 0 Å². The first-order chi connectivity index (χ1) is 9.49. The molecule has 0 aliphatic rings. The van der Waals surface area contributed by atoms with Crippen molar-refractivity contribution >= 4 is 55.6 Å².